The molecular weight excluding hydrogens is 1010 g/mol. The molecule has 488 valence electrons. The van der Waals surface area contributed by atoms with Crippen molar-refractivity contribution in [2.24, 2.45) is 0 Å². The Morgan fingerprint density at radius 3 is 0.829 bits per heavy atom. The highest BCUT2D eigenvalue weighted by molar-refractivity contribution is 5.76. The molecule has 0 saturated carbocycles. The predicted octanol–water partition coefficient (Wildman–Crippen LogP) is 24.7. The van der Waals surface area contributed by atoms with E-state index in [4.69, 9.17) is 4.74 Å². The molecule has 0 aromatic carbocycles. The summed E-state index contributed by atoms with van der Waals surface area (Å²) in [5.74, 6) is -0.0381. The minimum absolute atomic E-state index is 0.0212. The van der Waals surface area contributed by atoms with Crippen LogP contribution in [0.2, 0.25) is 0 Å². The van der Waals surface area contributed by atoms with E-state index in [9.17, 15) is 19.8 Å². The third-order valence-electron chi connectivity index (χ3n) is 18.1. The Kier molecular flexibility index (Phi) is 70.8. The van der Waals surface area contributed by atoms with Crippen LogP contribution in [-0.4, -0.2) is 47.4 Å². The number of unbranched alkanes of at least 4 members (excludes halogenated alkanes) is 61. The Morgan fingerprint density at radius 2 is 0.561 bits per heavy atom. The number of allylic oxidation sites excluding steroid dienone is 1. The average Bonchev–Trinajstić information content (AvgIpc) is 3.48. The van der Waals surface area contributed by atoms with Crippen molar-refractivity contribution in [3.8, 4) is 0 Å². The summed E-state index contributed by atoms with van der Waals surface area (Å²) in [6.45, 7) is 4.96. The van der Waals surface area contributed by atoms with Gasteiger partial charge in [-0.2, -0.15) is 0 Å². The first kappa shape index (κ1) is 80.6. The smallest absolute Gasteiger partial charge is 0.305 e. The molecule has 0 rings (SSSR count). The highest BCUT2D eigenvalue weighted by Gasteiger charge is 2.18. The predicted molar refractivity (Wildman–Crippen MR) is 361 cm³/mol. The van der Waals surface area contributed by atoms with Crippen LogP contribution in [0.25, 0.3) is 0 Å². The summed E-state index contributed by atoms with van der Waals surface area (Å²) >= 11 is 0. The second-order valence-corrected chi connectivity index (χ2v) is 26.4. The lowest BCUT2D eigenvalue weighted by molar-refractivity contribution is -0.143. The summed E-state index contributed by atoms with van der Waals surface area (Å²) in [5.41, 5.74) is 0. The van der Waals surface area contributed by atoms with Crippen molar-refractivity contribution in [2.45, 2.75) is 450 Å². The van der Waals surface area contributed by atoms with Gasteiger partial charge in [0.15, 0.2) is 0 Å². The SMILES string of the molecule is CCCCCCCCCCCCCCCCCCCCCCCC/C=C/C(O)C(CO)NC(=O)CCCCCCCCCCCCCCCCCCCCCCCCCCCCCCOC(=O)CCCCCCCCCCCCCCC. The van der Waals surface area contributed by atoms with E-state index in [1.807, 2.05) is 6.08 Å². The Bertz CT molecular complexity index is 1240. The lowest BCUT2D eigenvalue weighted by atomic mass is 10.0. The van der Waals surface area contributed by atoms with E-state index in [-0.39, 0.29) is 18.5 Å². The molecule has 6 heteroatoms. The van der Waals surface area contributed by atoms with Gasteiger partial charge in [-0.1, -0.05) is 405 Å². The number of esters is 1. The van der Waals surface area contributed by atoms with Gasteiger partial charge in [0.2, 0.25) is 5.91 Å². The summed E-state index contributed by atoms with van der Waals surface area (Å²) in [6.07, 6.45) is 90.3. The number of hydrogen-bond acceptors (Lipinski definition) is 5. The van der Waals surface area contributed by atoms with Gasteiger partial charge >= 0.3 is 5.97 Å². The molecule has 3 N–H and O–H groups in total. The summed E-state index contributed by atoms with van der Waals surface area (Å²) < 4.78 is 5.49. The van der Waals surface area contributed by atoms with Crippen LogP contribution in [0, 0.1) is 0 Å². The van der Waals surface area contributed by atoms with Crippen molar-refractivity contribution in [1.82, 2.24) is 5.32 Å². The molecule has 0 saturated heterocycles. The molecule has 0 fully saturated rings. The zero-order valence-electron chi connectivity index (χ0n) is 56.0. The van der Waals surface area contributed by atoms with E-state index in [0.29, 0.717) is 19.4 Å². The maximum absolute atomic E-state index is 12.5. The Labute approximate surface area is 514 Å². The van der Waals surface area contributed by atoms with Gasteiger partial charge in [0, 0.05) is 12.8 Å². The van der Waals surface area contributed by atoms with Crippen LogP contribution in [0.15, 0.2) is 12.2 Å². The quantitative estimate of drug-likeness (QED) is 0.0320. The van der Waals surface area contributed by atoms with Gasteiger partial charge in [-0.15, -0.1) is 0 Å². The van der Waals surface area contributed by atoms with Crippen LogP contribution in [-0.2, 0) is 14.3 Å². The van der Waals surface area contributed by atoms with Gasteiger partial charge in [-0.3, -0.25) is 9.59 Å². The third kappa shape index (κ3) is 67.7. The highest BCUT2D eigenvalue weighted by atomic mass is 16.5. The summed E-state index contributed by atoms with van der Waals surface area (Å²) in [5, 5.41) is 23.3. The fourth-order valence-corrected chi connectivity index (χ4v) is 12.3. The monoisotopic (exact) mass is 1160 g/mol. The molecule has 1 amide bonds. The number of carbonyl (C=O) groups excluding carboxylic acids is 2. The third-order valence-corrected chi connectivity index (χ3v) is 18.1. The van der Waals surface area contributed by atoms with Crippen molar-refractivity contribution in [2.75, 3.05) is 13.2 Å². The van der Waals surface area contributed by atoms with Crippen LogP contribution < -0.4 is 5.32 Å². The molecule has 82 heavy (non-hydrogen) atoms. The molecule has 0 radical (unpaired) electrons. The zero-order valence-corrected chi connectivity index (χ0v) is 56.0. The number of carbonyl (C=O) groups is 2. The number of hydrogen-bond donors (Lipinski definition) is 3. The highest BCUT2D eigenvalue weighted by Crippen LogP contribution is 2.20. The van der Waals surface area contributed by atoms with E-state index in [0.717, 1.165) is 38.5 Å². The van der Waals surface area contributed by atoms with Crippen molar-refractivity contribution in [3.63, 3.8) is 0 Å². The topological polar surface area (TPSA) is 95.9 Å². The van der Waals surface area contributed by atoms with Crippen molar-refractivity contribution < 1.29 is 24.5 Å². The Balaban J connectivity index is 3.37. The summed E-state index contributed by atoms with van der Waals surface area (Å²) in [6, 6.07) is -0.626. The first-order chi connectivity index (χ1) is 40.5. The van der Waals surface area contributed by atoms with Crippen molar-refractivity contribution in [1.29, 1.82) is 0 Å². The minimum atomic E-state index is -0.843. The van der Waals surface area contributed by atoms with E-state index in [1.165, 1.54) is 372 Å². The first-order valence-corrected chi connectivity index (χ1v) is 38.0. The molecule has 6 nitrogen and oxygen atoms in total. The van der Waals surface area contributed by atoms with E-state index in [2.05, 4.69) is 19.2 Å². The van der Waals surface area contributed by atoms with Crippen LogP contribution in [0.3, 0.4) is 0 Å². The van der Waals surface area contributed by atoms with Gasteiger partial charge in [0.1, 0.15) is 0 Å². The lowest BCUT2D eigenvalue weighted by Crippen LogP contribution is -2.45. The second-order valence-electron chi connectivity index (χ2n) is 26.4. The summed E-state index contributed by atoms with van der Waals surface area (Å²) in [7, 11) is 0. The number of aliphatic hydroxyl groups excluding tert-OH is 2. The van der Waals surface area contributed by atoms with E-state index < -0.39 is 12.1 Å². The number of rotatable bonds is 72. The van der Waals surface area contributed by atoms with Gasteiger partial charge in [-0.05, 0) is 32.1 Å². The molecule has 0 aliphatic rings. The second kappa shape index (κ2) is 72.1. The maximum atomic E-state index is 12.5. The average molecular weight is 1160 g/mol. The van der Waals surface area contributed by atoms with Gasteiger partial charge in [0.05, 0.1) is 25.4 Å². The Morgan fingerprint density at radius 1 is 0.329 bits per heavy atom. The standard InChI is InChI=1S/C76H149NO5/c1-3-5-7-9-11-13-15-17-18-19-20-21-22-29-32-35-38-41-45-48-52-56-60-64-68-74(79)73(72-78)77-75(80)69-65-61-57-53-49-46-42-39-36-33-30-27-25-23-24-26-28-31-34-37-40-43-47-51-55-59-63-67-71-82-76(81)70-66-62-58-54-50-44-16-14-12-10-8-6-4-2/h64,68,73-74,78-79H,3-63,65-67,69-72H2,1-2H3,(H,77,80)/b68-64+. The van der Waals surface area contributed by atoms with Gasteiger partial charge in [0.25, 0.3) is 0 Å². The molecule has 0 aromatic heterocycles. The van der Waals surface area contributed by atoms with E-state index >= 15 is 0 Å². The molecule has 0 spiro atoms. The Hall–Kier alpha value is -1.40. The largest absolute Gasteiger partial charge is 0.466 e. The van der Waals surface area contributed by atoms with Gasteiger partial charge in [-0.25, -0.2) is 0 Å². The molecule has 2 atom stereocenters. The number of ether oxygens (including phenoxy) is 1. The number of aliphatic hydroxyl groups is 2. The van der Waals surface area contributed by atoms with Crippen LogP contribution in [0.1, 0.15) is 438 Å². The zero-order chi connectivity index (χ0) is 59.2. The number of nitrogens with one attached hydrogen (secondary N) is 1. The molecule has 0 aromatic rings. The molecular formula is C76H149NO5. The fraction of sp³-hybridized carbons (Fsp3) is 0.947. The minimum Gasteiger partial charge on any atom is -0.466 e. The van der Waals surface area contributed by atoms with Crippen molar-refractivity contribution in [3.05, 3.63) is 12.2 Å². The molecule has 0 aliphatic carbocycles. The van der Waals surface area contributed by atoms with Gasteiger partial charge < -0.3 is 20.3 Å². The molecule has 0 aliphatic heterocycles. The molecule has 0 bridgehead atoms. The van der Waals surface area contributed by atoms with E-state index in [1.54, 1.807) is 6.08 Å². The van der Waals surface area contributed by atoms with Crippen molar-refractivity contribution >= 4 is 11.9 Å². The fourth-order valence-electron chi connectivity index (χ4n) is 12.3. The van der Waals surface area contributed by atoms with Crippen LogP contribution >= 0.6 is 0 Å². The van der Waals surface area contributed by atoms with Crippen LogP contribution in [0.4, 0.5) is 0 Å². The first-order valence-electron chi connectivity index (χ1n) is 38.0. The normalized spacial score (nSPS) is 12.5. The molecule has 2 unspecified atom stereocenters. The molecule has 0 heterocycles. The number of amides is 1. The van der Waals surface area contributed by atoms with Crippen LogP contribution in [0.5, 0.6) is 0 Å². The lowest BCUT2D eigenvalue weighted by Gasteiger charge is -2.20. The summed E-state index contributed by atoms with van der Waals surface area (Å²) in [4.78, 5) is 24.6. The maximum Gasteiger partial charge on any atom is 0.305 e.